The normalized spacial score (nSPS) is 18.2. The van der Waals surface area contributed by atoms with E-state index in [1.807, 2.05) is 30.3 Å². The SMILES string of the molecule is CC(C)N(C(=O)O)c1ccc(C(=O)N[C@@H](Cc2ccccc2)C(=O)N2CCC[C@@]3(C2)OC(=O)Nc2ccc(Cl)c(F)c23)cc1. The van der Waals surface area contributed by atoms with Gasteiger partial charge in [-0.2, -0.15) is 0 Å². The highest BCUT2D eigenvalue weighted by Gasteiger charge is 2.49. The van der Waals surface area contributed by atoms with E-state index in [2.05, 4.69) is 10.6 Å². The molecule has 2 heterocycles. The van der Waals surface area contributed by atoms with Crippen molar-refractivity contribution in [3.8, 4) is 0 Å². The summed E-state index contributed by atoms with van der Waals surface area (Å²) in [5.41, 5.74) is 0.310. The van der Waals surface area contributed by atoms with Crippen LogP contribution in [0.4, 0.5) is 25.4 Å². The molecule has 1 fully saturated rings. The molecule has 3 aromatic carbocycles. The van der Waals surface area contributed by atoms with Crippen molar-refractivity contribution in [2.45, 2.75) is 50.8 Å². The lowest BCUT2D eigenvalue weighted by atomic mass is 9.82. The van der Waals surface area contributed by atoms with Crippen LogP contribution < -0.4 is 15.5 Å². The molecule has 1 saturated heterocycles. The maximum Gasteiger partial charge on any atom is 0.412 e. The monoisotopic (exact) mass is 622 g/mol. The molecule has 1 spiro atoms. The van der Waals surface area contributed by atoms with Crippen molar-refractivity contribution in [3.05, 3.63) is 94.3 Å². The minimum Gasteiger partial charge on any atom is -0.465 e. The number of nitrogens with zero attached hydrogens (tertiary/aromatic N) is 2. The predicted molar refractivity (Wildman–Crippen MR) is 162 cm³/mol. The van der Waals surface area contributed by atoms with Crippen molar-refractivity contribution < 1.29 is 33.4 Å². The first-order chi connectivity index (χ1) is 21.0. The van der Waals surface area contributed by atoms with Crippen molar-refractivity contribution in [2.24, 2.45) is 0 Å². The van der Waals surface area contributed by atoms with Crippen LogP contribution >= 0.6 is 11.6 Å². The largest absolute Gasteiger partial charge is 0.465 e. The van der Waals surface area contributed by atoms with Gasteiger partial charge in [0.25, 0.3) is 5.91 Å². The number of likely N-dealkylation sites (tertiary alicyclic amines) is 1. The van der Waals surface area contributed by atoms with E-state index in [1.54, 1.807) is 13.8 Å². The molecule has 12 heteroatoms. The van der Waals surface area contributed by atoms with Gasteiger partial charge in [-0.25, -0.2) is 14.0 Å². The van der Waals surface area contributed by atoms with Crippen LogP contribution in [0.1, 0.15) is 48.2 Å². The van der Waals surface area contributed by atoms with Crippen molar-refractivity contribution in [3.63, 3.8) is 0 Å². The quantitative estimate of drug-likeness (QED) is 0.306. The van der Waals surface area contributed by atoms with Crippen LogP contribution in [0.2, 0.25) is 5.02 Å². The molecule has 2 atom stereocenters. The van der Waals surface area contributed by atoms with Gasteiger partial charge in [-0.1, -0.05) is 41.9 Å². The molecule has 3 N–H and O–H groups in total. The van der Waals surface area contributed by atoms with Crippen molar-refractivity contribution >= 4 is 47.0 Å². The summed E-state index contributed by atoms with van der Waals surface area (Å²) in [4.78, 5) is 54.4. The maximum absolute atomic E-state index is 15.4. The first-order valence-electron chi connectivity index (χ1n) is 14.2. The number of carbonyl (C=O) groups is 4. The number of hydrogen-bond acceptors (Lipinski definition) is 5. The molecule has 44 heavy (non-hydrogen) atoms. The topological polar surface area (TPSA) is 128 Å². The Morgan fingerprint density at radius 2 is 1.82 bits per heavy atom. The van der Waals surface area contributed by atoms with Crippen LogP contribution in [0.25, 0.3) is 0 Å². The molecule has 4 amide bonds. The maximum atomic E-state index is 15.4. The molecule has 0 unspecified atom stereocenters. The van der Waals surface area contributed by atoms with E-state index in [9.17, 15) is 24.3 Å². The molecule has 0 radical (unpaired) electrons. The summed E-state index contributed by atoms with van der Waals surface area (Å²) >= 11 is 6.09. The number of rotatable bonds is 7. The van der Waals surface area contributed by atoms with Gasteiger partial charge >= 0.3 is 12.2 Å². The van der Waals surface area contributed by atoms with Crippen molar-refractivity contribution in [2.75, 3.05) is 23.3 Å². The number of amides is 4. The molecular weight excluding hydrogens is 591 g/mol. The molecule has 0 bridgehead atoms. The second-order valence-electron chi connectivity index (χ2n) is 11.2. The zero-order valence-corrected chi connectivity index (χ0v) is 24.9. The van der Waals surface area contributed by atoms with Gasteiger partial charge in [0.1, 0.15) is 6.04 Å². The van der Waals surface area contributed by atoms with E-state index < -0.39 is 41.5 Å². The number of carboxylic acid groups (broad SMARTS) is 1. The van der Waals surface area contributed by atoms with E-state index in [1.165, 1.54) is 46.2 Å². The molecule has 230 valence electrons. The molecule has 5 rings (SSSR count). The fourth-order valence-corrected chi connectivity index (χ4v) is 6.03. The van der Waals surface area contributed by atoms with Gasteiger partial charge in [0.15, 0.2) is 11.4 Å². The Hall–Kier alpha value is -4.64. The van der Waals surface area contributed by atoms with Gasteiger partial charge in [-0.05, 0) is 68.7 Å². The standard InChI is InChI=1S/C32H32ClFN4O6/c1-19(2)38(31(42)43)22-11-9-21(10-12-22)28(39)35-25(17-20-7-4-3-5-8-20)29(40)37-16-6-15-32(18-37)26-24(36-30(41)44-32)14-13-23(33)27(26)34/h3-5,7-14,19,25H,6,15-18H2,1-2H3,(H,35,39)(H,36,41)(H,42,43)/t25-,32-/m0/s1. The van der Waals surface area contributed by atoms with Crippen LogP contribution in [0, 0.1) is 5.82 Å². The van der Waals surface area contributed by atoms with E-state index in [0.717, 1.165) is 5.56 Å². The highest BCUT2D eigenvalue weighted by molar-refractivity contribution is 6.31. The summed E-state index contributed by atoms with van der Waals surface area (Å²) in [5, 5.41) is 14.8. The molecular formula is C32H32ClFN4O6. The molecule has 0 saturated carbocycles. The Bertz CT molecular complexity index is 1590. The average Bonchev–Trinajstić information content (AvgIpc) is 2.98. The van der Waals surface area contributed by atoms with Crippen LogP contribution in [0.3, 0.4) is 0 Å². The summed E-state index contributed by atoms with van der Waals surface area (Å²) in [6, 6.07) is 16.8. The molecule has 3 aromatic rings. The molecule has 0 aliphatic carbocycles. The highest BCUT2D eigenvalue weighted by atomic mass is 35.5. The molecule has 10 nitrogen and oxygen atoms in total. The Morgan fingerprint density at radius 3 is 2.48 bits per heavy atom. The second-order valence-corrected chi connectivity index (χ2v) is 11.6. The first-order valence-corrected chi connectivity index (χ1v) is 14.6. The predicted octanol–water partition coefficient (Wildman–Crippen LogP) is 5.79. The third-order valence-electron chi connectivity index (χ3n) is 7.86. The molecule has 0 aromatic heterocycles. The number of ether oxygens (including phenoxy) is 1. The average molecular weight is 623 g/mol. The number of piperidine rings is 1. The van der Waals surface area contributed by atoms with Gasteiger partial charge in [-0.15, -0.1) is 0 Å². The summed E-state index contributed by atoms with van der Waals surface area (Å²) in [7, 11) is 0. The van der Waals surface area contributed by atoms with Crippen molar-refractivity contribution in [1.29, 1.82) is 0 Å². The van der Waals surface area contributed by atoms with E-state index >= 15 is 4.39 Å². The van der Waals surface area contributed by atoms with Gasteiger partial charge in [0.05, 0.1) is 22.8 Å². The Labute approximate surface area is 258 Å². The lowest BCUT2D eigenvalue weighted by Crippen LogP contribution is -2.57. The molecule has 2 aliphatic rings. The minimum atomic E-state index is -1.45. The zero-order chi connectivity index (χ0) is 31.6. The fraction of sp³-hybridized carbons (Fsp3) is 0.312. The van der Waals surface area contributed by atoms with Gasteiger partial charge in [-0.3, -0.25) is 19.8 Å². The van der Waals surface area contributed by atoms with Crippen LogP contribution in [0.5, 0.6) is 0 Å². The minimum absolute atomic E-state index is 0.0858. The number of anilines is 2. The van der Waals surface area contributed by atoms with Gasteiger partial charge in [0, 0.05) is 30.3 Å². The third kappa shape index (κ3) is 6.19. The number of benzene rings is 3. The number of hydrogen-bond donors (Lipinski definition) is 3. The van der Waals surface area contributed by atoms with E-state index in [-0.39, 0.29) is 47.3 Å². The summed E-state index contributed by atoms with van der Waals surface area (Å²) < 4.78 is 21.1. The number of carbonyl (C=O) groups excluding carboxylic acids is 3. The smallest absolute Gasteiger partial charge is 0.412 e. The number of fused-ring (bicyclic) bond motifs is 2. The summed E-state index contributed by atoms with van der Waals surface area (Å²) in [6.45, 7) is 3.66. The summed E-state index contributed by atoms with van der Waals surface area (Å²) in [6.07, 6.45) is -1.02. The molecule has 2 aliphatic heterocycles. The lowest BCUT2D eigenvalue weighted by Gasteiger charge is -2.45. The van der Waals surface area contributed by atoms with Crippen LogP contribution in [-0.4, -0.2) is 59.2 Å². The zero-order valence-electron chi connectivity index (χ0n) is 24.2. The Morgan fingerprint density at radius 1 is 1.11 bits per heavy atom. The third-order valence-corrected chi connectivity index (χ3v) is 8.15. The van der Waals surface area contributed by atoms with Crippen LogP contribution in [0.15, 0.2) is 66.7 Å². The van der Waals surface area contributed by atoms with Crippen molar-refractivity contribution in [1.82, 2.24) is 10.2 Å². The van der Waals surface area contributed by atoms with E-state index in [0.29, 0.717) is 18.7 Å². The first kappa shape index (κ1) is 30.8. The van der Waals surface area contributed by atoms with E-state index in [4.69, 9.17) is 16.3 Å². The summed E-state index contributed by atoms with van der Waals surface area (Å²) in [5.74, 6) is -1.68. The fourth-order valence-electron chi connectivity index (χ4n) is 5.88. The van der Waals surface area contributed by atoms with Crippen LogP contribution in [-0.2, 0) is 21.6 Å². The Kier molecular flexibility index (Phi) is 8.78. The Balaban J connectivity index is 1.41. The van der Waals surface area contributed by atoms with Gasteiger partial charge in [0.2, 0.25) is 5.91 Å². The number of halogens is 2. The lowest BCUT2D eigenvalue weighted by molar-refractivity contribution is -0.141. The number of nitrogens with one attached hydrogen (secondary N) is 2. The second kappa shape index (κ2) is 12.5. The highest BCUT2D eigenvalue weighted by Crippen LogP contribution is 2.45. The van der Waals surface area contributed by atoms with Gasteiger partial charge < -0.3 is 20.1 Å².